The van der Waals surface area contributed by atoms with Crippen molar-refractivity contribution in [2.75, 3.05) is 0 Å². The van der Waals surface area contributed by atoms with E-state index in [1.165, 1.54) is 24.3 Å². The Morgan fingerprint density at radius 3 is 2.10 bits per heavy atom. The van der Waals surface area contributed by atoms with E-state index in [4.69, 9.17) is 17.2 Å². The molecule has 0 atom stereocenters. The maximum absolute atomic E-state index is 11.9. The van der Waals surface area contributed by atoms with Crippen LogP contribution in [0.1, 0.15) is 5.56 Å². The molecule has 0 saturated carbocycles. The van der Waals surface area contributed by atoms with Crippen LogP contribution in [0.5, 0.6) is 5.75 Å². The van der Waals surface area contributed by atoms with Gasteiger partial charge >= 0.3 is 6.36 Å². The molecule has 0 unspecified atom stereocenters. The number of hydrogen-bond donors (Lipinski definition) is 3. The van der Waals surface area contributed by atoms with Crippen LogP contribution in [0.2, 0.25) is 0 Å². The number of aliphatic imine (C=N–C) groups is 2. The fourth-order valence-corrected chi connectivity index (χ4v) is 1.14. The SMILES string of the molecule is Cl.NC(N)=NC(N)=NCc1ccc(OC(F)(F)F)cc1. The van der Waals surface area contributed by atoms with E-state index in [1.54, 1.807) is 0 Å². The molecule has 1 rings (SSSR count). The summed E-state index contributed by atoms with van der Waals surface area (Å²) in [6.07, 6.45) is -4.71. The van der Waals surface area contributed by atoms with Crippen LogP contribution in [0.25, 0.3) is 0 Å². The number of benzene rings is 1. The van der Waals surface area contributed by atoms with E-state index >= 15 is 0 Å². The number of hydrogen-bond acceptors (Lipinski definition) is 2. The first-order chi connectivity index (χ1) is 8.76. The summed E-state index contributed by atoms with van der Waals surface area (Å²) in [5, 5.41) is 0. The second kappa shape index (κ2) is 7.43. The highest BCUT2D eigenvalue weighted by Gasteiger charge is 2.30. The lowest BCUT2D eigenvalue weighted by molar-refractivity contribution is -0.274. The maximum Gasteiger partial charge on any atom is 0.573 e. The third-order valence-electron chi connectivity index (χ3n) is 1.82. The summed E-state index contributed by atoms with van der Waals surface area (Å²) in [4.78, 5) is 7.31. The Morgan fingerprint density at radius 2 is 1.65 bits per heavy atom. The van der Waals surface area contributed by atoms with Gasteiger partial charge in [-0.1, -0.05) is 12.1 Å². The van der Waals surface area contributed by atoms with Crippen LogP contribution in [0.4, 0.5) is 13.2 Å². The van der Waals surface area contributed by atoms with Crippen molar-refractivity contribution in [3.63, 3.8) is 0 Å². The highest BCUT2D eigenvalue weighted by molar-refractivity contribution is 5.92. The molecular formula is C10H13ClF3N5O. The Hall–Kier alpha value is -2.16. The molecular weight excluding hydrogens is 299 g/mol. The Balaban J connectivity index is 0.00000361. The van der Waals surface area contributed by atoms with Gasteiger partial charge in [0.1, 0.15) is 5.75 Å². The Bertz CT molecular complexity index is 483. The van der Waals surface area contributed by atoms with Gasteiger partial charge in [0.2, 0.25) is 5.96 Å². The van der Waals surface area contributed by atoms with Gasteiger partial charge in [-0.15, -0.1) is 25.6 Å². The van der Waals surface area contributed by atoms with Crippen LogP contribution in [-0.2, 0) is 6.54 Å². The van der Waals surface area contributed by atoms with Crippen molar-refractivity contribution >= 4 is 24.3 Å². The Morgan fingerprint density at radius 1 is 1.10 bits per heavy atom. The molecule has 0 aromatic heterocycles. The first-order valence-corrected chi connectivity index (χ1v) is 5.00. The minimum Gasteiger partial charge on any atom is -0.406 e. The summed E-state index contributed by atoms with van der Waals surface area (Å²) in [5.74, 6) is -0.650. The number of nitrogens with two attached hydrogens (primary N) is 3. The minimum absolute atomic E-state index is 0. The average molecular weight is 312 g/mol. The van der Waals surface area contributed by atoms with Gasteiger partial charge in [-0.05, 0) is 17.7 Å². The second-order valence-corrected chi connectivity index (χ2v) is 3.40. The van der Waals surface area contributed by atoms with Gasteiger partial charge in [-0.2, -0.15) is 4.99 Å². The molecule has 112 valence electrons. The van der Waals surface area contributed by atoms with E-state index in [2.05, 4.69) is 14.7 Å². The fraction of sp³-hybridized carbons (Fsp3) is 0.200. The van der Waals surface area contributed by atoms with Crippen molar-refractivity contribution in [3.8, 4) is 5.75 Å². The van der Waals surface area contributed by atoms with Crippen molar-refractivity contribution in [3.05, 3.63) is 29.8 Å². The molecule has 0 aliphatic rings. The van der Waals surface area contributed by atoms with Crippen LogP contribution < -0.4 is 21.9 Å². The van der Waals surface area contributed by atoms with E-state index in [1.807, 2.05) is 0 Å². The van der Waals surface area contributed by atoms with E-state index in [9.17, 15) is 13.2 Å². The van der Waals surface area contributed by atoms with E-state index < -0.39 is 6.36 Å². The summed E-state index contributed by atoms with van der Waals surface area (Å²) in [6, 6.07) is 5.20. The molecule has 0 bridgehead atoms. The van der Waals surface area contributed by atoms with Gasteiger partial charge in [-0.25, -0.2) is 4.99 Å². The minimum atomic E-state index is -4.71. The zero-order valence-corrected chi connectivity index (χ0v) is 10.9. The highest BCUT2D eigenvalue weighted by Crippen LogP contribution is 2.22. The van der Waals surface area contributed by atoms with E-state index in [-0.39, 0.29) is 36.6 Å². The standard InChI is InChI=1S/C10H12F3N5O.ClH/c11-10(12,13)19-7-3-1-6(2-4-7)5-17-9(16)18-8(14)15;/h1-4H,5H2,(H6,14,15,16,17,18);1H. The number of nitrogens with zero attached hydrogens (tertiary/aromatic N) is 2. The molecule has 1 aromatic carbocycles. The summed E-state index contributed by atoms with van der Waals surface area (Å²) in [6.45, 7) is 0.134. The molecule has 6 nitrogen and oxygen atoms in total. The Labute approximate surface area is 118 Å². The average Bonchev–Trinajstić information content (AvgIpc) is 2.25. The van der Waals surface area contributed by atoms with Crippen LogP contribution in [0, 0.1) is 0 Å². The van der Waals surface area contributed by atoms with Gasteiger partial charge in [0.15, 0.2) is 5.96 Å². The molecule has 0 radical (unpaired) electrons. The molecule has 10 heteroatoms. The fourth-order valence-electron chi connectivity index (χ4n) is 1.14. The largest absolute Gasteiger partial charge is 0.573 e. The zero-order valence-electron chi connectivity index (χ0n) is 10.1. The molecule has 1 aromatic rings. The lowest BCUT2D eigenvalue weighted by Gasteiger charge is -2.08. The molecule has 0 amide bonds. The van der Waals surface area contributed by atoms with Gasteiger partial charge in [-0.3, -0.25) is 0 Å². The lowest BCUT2D eigenvalue weighted by atomic mass is 10.2. The molecule has 0 saturated heterocycles. The molecule has 0 heterocycles. The molecule has 20 heavy (non-hydrogen) atoms. The third-order valence-corrected chi connectivity index (χ3v) is 1.82. The van der Waals surface area contributed by atoms with Crippen molar-refractivity contribution < 1.29 is 17.9 Å². The number of ether oxygens (including phenoxy) is 1. The number of guanidine groups is 2. The molecule has 6 N–H and O–H groups in total. The topological polar surface area (TPSA) is 112 Å². The van der Waals surface area contributed by atoms with Crippen LogP contribution in [0.15, 0.2) is 34.3 Å². The van der Waals surface area contributed by atoms with Gasteiger partial charge in [0.25, 0.3) is 0 Å². The normalized spacial score (nSPS) is 11.4. The van der Waals surface area contributed by atoms with Crippen LogP contribution in [-0.4, -0.2) is 18.3 Å². The number of alkyl halides is 3. The number of rotatable bonds is 3. The van der Waals surface area contributed by atoms with Crippen molar-refractivity contribution in [2.45, 2.75) is 12.9 Å². The van der Waals surface area contributed by atoms with E-state index in [0.29, 0.717) is 5.56 Å². The van der Waals surface area contributed by atoms with Crippen LogP contribution >= 0.6 is 12.4 Å². The summed E-state index contributed by atoms with van der Waals surface area (Å²) in [5.41, 5.74) is 16.2. The Kier molecular flexibility index (Phi) is 6.63. The molecule has 0 aliphatic carbocycles. The van der Waals surface area contributed by atoms with Crippen molar-refractivity contribution in [1.29, 1.82) is 0 Å². The summed E-state index contributed by atoms with van der Waals surface area (Å²) >= 11 is 0. The first kappa shape index (κ1) is 17.8. The van der Waals surface area contributed by atoms with Gasteiger partial charge < -0.3 is 21.9 Å². The van der Waals surface area contributed by atoms with E-state index in [0.717, 1.165) is 0 Å². The maximum atomic E-state index is 11.9. The molecule has 0 fully saturated rings. The first-order valence-electron chi connectivity index (χ1n) is 5.00. The zero-order chi connectivity index (χ0) is 14.5. The summed E-state index contributed by atoms with van der Waals surface area (Å²) in [7, 11) is 0. The van der Waals surface area contributed by atoms with Crippen molar-refractivity contribution in [2.24, 2.45) is 27.2 Å². The number of halogens is 4. The monoisotopic (exact) mass is 311 g/mol. The summed E-state index contributed by atoms with van der Waals surface area (Å²) < 4.78 is 39.5. The second-order valence-electron chi connectivity index (χ2n) is 3.40. The van der Waals surface area contributed by atoms with Gasteiger partial charge in [0.05, 0.1) is 6.54 Å². The molecule has 0 aliphatic heterocycles. The molecule has 0 spiro atoms. The third kappa shape index (κ3) is 7.31. The lowest BCUT2D eigenvalue weighted by Crippen LogP contribution is -2.26. The van der Waals surface area contributed by atoms with Crippen molar-refractivity contribution in [1.82, 2.24) is 0 Å². The smallest absolute Gasteiger partial charge is 0.406 e. The predicted octanol–water partition coefficient (Wildman–Crippen LogP) is 1.10. The predicted molar refractivity (Wildman–Crippen MR) is 71.5 cm³/mol. The quantitative estimate of drug-likeness (QED) is 0.573. The van der Waals surface area contributed by atoms with Crippen LogP contribution in [0.3, 0.4) is 0 Å². The highest BCUT2D eigenvalue weighted by atomic mass is 35.5. The van der Waals surface area contributed by atoms with Gasteiger partial charge in [0, 0.05) is 0 Å².